The topological polar surface area (TPSA) is 40.5 Å². The van der Waals surface area contributed by atoms with Gasteiger partial charge in [-0.05, 0) is 48.5 Å². The van der Waals surface area contributed by atoms with Gasteiger partial charge in [0.1, 0.15) is 23.1 Å². The van der Waals surface area contributed by atoms with E-state index in [0.717, 1.165) is 0 Å². The van der Waals surface area contributed by atoms with Crippen LogP contribution < -0.4 is 10.4 Å². The minimum atomic E-state index is -1.49. The van der Waals surface area contributed by atoms with Crippen molar-refractivity contribution in [2.24, 2.45) is 0 Å². The van der Waals surface area contributed by atoms with Gasteiger partial charge in [-0.25, -0.2) is 20.9 Å². The van der Waals surface area contributed by atoms with Crippen molar-refractivity contribution in [3.63, 3.8) is 0 Å². The van der Waals surface area contributed by atoms with Crippen LogP contribution in [0.25, 0.3) is 0 Å². The van der Waals surface area contributed by atoms with Crippen LogP contribution in [0.5, 0.6) is 11.5 Å². The zero-order valence-corrected chi connectivity index (χ0v) is 25.7. The van der Waals surface area contributed by atoms with E-state index < -0.39 is 8.07 Å². The summed E-state index contributed by atoms with van der Waals surface area (Å²) in [5, 5.41) is 20.5. The molecule has 0 saturated heterocycles. The molecule has 38 heavy (non-hydrogen) atoms. The van der Waals surface area contributed by atoms with Gasteiger partial charge in [-0.3, -0.25) is 0 Å². The molecule has 6 rings (SSSR count). The molecule has 0 saturated carbocycles. The average Bonchev–Trinajstić information content (AvgIpc) is 3.54. The molecule has 2 nitrogen and oxygen atoms in total. The van der Waals surface area contributed by atoms with Crippen LogP contribution in [-0.4, -0.2) is 18.3 Å². The molecule has 0 heterocycles. The van der Waals surface area contributed by atoms with E-state index in [0.29, 0.717) is 0 Å². The van der Waals surface area contributed by atoms with Crippen LogP contribution >= 0.6 is 0 Å². The summed E-state index contributed by atoms with van der Waals surface area (Å²) in [7, 11) is -1.49. The monoisotopic (exact) mass is 608 g/mol. The van der Waals surface area contributed by atoms with Gasteiger partial charge < -0.3 is 10.2 Å². The molecule has 0 bridgehead atoms. The fraction of sp³-hybridized carbons (Fsp3) is 0.312. The molecule has 4 aromatic rings. The Morgan fingerprint density at radius 2 is 0.947 bits per heavy atom. The van der Waals surface area contributed by atoms with Gasteiger partial charge in [-0.2, -0.15) is 44.8 Å². The molecule has 0 radical (unpaired) electrons. The van der Waals surface area contributed by atoms with E-state index in [4.69, 9.17) is 10.2 Å². The molecule has 0 fully saturated rings. The molecule has 4 aromatic carbocycles. The number of aryl methyl sites for hydroxylation is 4. The normalized spacial score (nSPS) is 14.0. The minimum absolute atomic E-state index is 0. The summed E-state index contributed by atoms with van der Waals surface area (Å²) in [5.41, 5.74) is 6.64. The summed E-state index contributed by atoms with van der Waals surface area (Å²) in [6, 6.07) is 20.3. The molecule has 0 aromatic heterocycles. The molecule has 0 atom stereocenters. The van der Waals surface area contributed by atoms with Gasteiger partial charge in [0.15, 0.2) is 0 Å². The van der Waals surface area contributed by atoms with Gasteiger partial charge in [-0.1, -0.05) is 64.5 Å². The molecule has 198 valence electrons. The first kappa shape index (κ1) is 30.2. The Morgan fingerprint density at radius 3 is 1.26 bits per heavy atom. The Kier molecular flexibility index (Phi) is 10.9. The van der Waals surface area contributed by atoms with Gasteiger partial charge in [0.2, 0.25) is 0 Å². The molecule has 0 aliphatic heterocycles. The SMILES string of the molecule is C[Si](C)(c1cc2c([cH-]1)CCCC2)c1cc2c([cH-]1)CCCC2.Oc1ccc(F)cc1.Oc1ccc(F)cc1.[Zr+2]. The second-order valence-corrected chi connectivity index (χ2v) is 15.0. The number of hydrogen-bond donors (Lipinski definition) is 2. The Bertz CT molecular complexity index is 1100. The summed E-state index contributed by atoms with van der Waals surface area (Å²) < 4.78 is 24.0. The van der Waals surface area contributed by atoms with Crippen LogP contribution in [0.2, 0.25) is 13.1 Å². The van der Waals surface area contributed by atoms with Crippen molar-refractivity contribution in [3.05, 3.63) is 107 Å². The molecular formula is C32H36F2O2SiZr. The van der Waals surface area contributed by atoms with Crippen LogP contribution in [0.3, 0.4) is 0 Å². The molecule has 2 aliphatic carbocycles. The molecule has 0 unspecified atom stereocenters. The average molecular weight is 610 g/mol. The van der Waals surface area contributed by atoms with Gasteiger partial charge in [0, 0.05) is 0 Å². The van der Waals surface area contributed by atoms with Gasteiger partial charge in [0.05, 0.1) is 8.07 Å². The third-order valence-electron chi connectivity index (χ3n) is 7.52. The van der Waals surface area contributed by atoms with Gasteiger partial charge >= 0.3 is 26.2 Å². The van der Waals surface area contributed by atoms with E-state index in [1.165, 1.54) is 99.9 Å². The first-order chi connectivity index (χ1) is 17.7. The van der Waals surface area contributed by atoms with Crippen molar-refractivity contribution in [3.8, 4) is 11.5 Å². The number of hydrogen-bond acceptors (Lipinski definition) is 2. The van der Waals surface area contributed by atoms with Crippen molar-refractivity contribution < 1.29 is 45.2 Å². The van der Waals surface area contributed by atoms with E-state index in [-0.39, 0.29) is 49.3 Å². The van der Waals surface area contributed by atoms with Crippen molar-refractivity contribution in [2.75, 3.05) is 0 Å². The summed E-state index contributed by atoms with van der Waals surface area (Å²) in [6.45, 7) is 5.10. The standard InChI is InChI=1S/C20H26Si.2C6H5FO.Zr/c1-21(2,19-11-15-7-3-4-8-16(15)12-19)20-13-17-9-5-6-10-18(17)14-20;2*7-5-1-3-6(8)4-2-5;/h11-14H,3-10H2,1-2H3;2*1-4,8H;/q-2;;;+2. The largest absolute Gasteiger partial charge is 2.00 e. The summed E-state index contributed by atoms with van der Waals surface area (Å²) >= 11 is 0. The fourth-order valence-corrected chi connectivity index (χ4v) is 7.64. The third-order valence-corrected chi connectivity index (χ3v) is 11.0. The Labute approximate surface area is 245 Å². The maximum Gasteiger partial charge on any atom is 2.00 e. The van der Waals surface area contributed by atoms with E-state index in [9.17, 15) is 8.78 Å². The van der Waals surface area contributed by atoms with E-state index in [2.05, 4.69) is 37.4 Å². The number of benzene rings is 2. The number of fused-ring (bicyclic) bond motifs is 2. The quantitative estimate of drug-likeness (QED) is 0.195. The predicted molar refractivity (Wildman–Crippen MR) is 150 cm³/mol. The number of halogens is 2. The molecule has 0 spiro atoms. The third kappa shape index (κ3) is 7.86. The number of rotatable bonds is 2. The minimum Gasteiger partial charge on any atom is -0.508 e. The number of phenolic OH excluding ortho intramolecular Hbond substituents is 2. The van der Waals surface area contributed by atoms with E-state index in [1.54, 1.807) is 32.6 Å². The van der Waals surface area contributed by atoms with Crippen molar-refractivity contribution in [2.45, 2.75) is 64.5 Å². The molecule has 0 amide bonds. The smallest absolute Gasteiger partial charge is 0.508 e. The van der Waals surface area contributed by atoms with E-state index in [1.807, 2.05) is 0 Å². The van der Waals surface area contributed by atoms with Crippen molar-refractivity contribution in [1.29, 1.82) is 0 Å². The number of aromatic hydroxyl groups is 2. The van der Waals surface area contributed by atoms with Crippen LogP contribution in [0.1, 0.15) is 47.9 Å². The fourth-order valence-electron chi connectivity index (χ4n) is 5.17. The van der Waals surface area contributed by atoms with Crippen LogP contribution in [-0.2, 0) is 51.9 Å². The van der Waals surface area contributed by atoms with Gasteiger partial charge in [0.25, 0.3) is 0 Å². The summed E-state index contributed by atoms with van der Waals surface area (Å²) in [4.78, 5) is 0. The zero-order valence-electron chi connectivity index (χ0n) is 22.2. The first-order valence-corrected chi connectivity index (χ1v) is 16.2. The molecule has 6 heteroatoms. The van der Waals surface area contributed by atoms with Crippen molar-refractivity contribution in [1.82, 2.24) is 0 Å². The molecule has 2 N–H and O–H groups in total. The van der Waals surface area contributed by atoms with Crippen LogP contribution in [0.4, 0.5) is 8.78 Å². The van der Waals surface area contributed by atoms with Gasteiger partial charge in [-0.15, -0.1) is 0 Å². The predicted octanol–water partition coefficient (Wildman–Crippen LogP) is 6.76. The Morgan fingerprint density at radius 1 is 0.605 bits per heavy atom. The first-order valence-electron chi connectivity index (χ1n) is 13.2. The van der Waals surface area contributed by atoms with E-state index >= 15 is 0 Å². The second kappa shape index (κ2) is 13.7. The Balaban J connectivity index is 0.000000195. The molecule has 2 aliphatic rings. The summed E-state index contributed by atoms with van der Waals surface area (Å²) in [5.74, 6) is -0.483. The zero-order chi connectivity index (χ0) is 26.4. The summed E-state index contributed by atoms with van der Waals surface area (Å²) in [6.07, 6.45) is 10.8. The number of phenols is 2. The maximum atomic E-state index is 12.0. The molecular weight excluding hydrogens is 574 g/mol. The van der Waals surface area contributed by atoms with Crippen LogP contribution in [0.15, 0.2) is 72.8 Å². The van der Waals surface area contributed by atoms with Crippen LogP contribution in [0, 0.1) is 11.6 Å². The van der Waals surface area contributed by atoms with Crippen molar-refractivity contribution >= 4 is 18.4 Å². The second-order valence-electron chi connectivity index (χ2n) is 10.6. The Hall–Kier alpha value is -2.30. The maximum absolute atomic E-state index is 12.0.